The summed E-state index contributed by atoms with van der Waals surface area (Å²) < 4.78 is 11.2. The molecule has 1 aliphatic rings. The molecule has 0 unspecified atom stereocenters. The average Bonchev–Trinajstić information content (AvgIpc) is 2.79. The van der Waals surface area contributed by atoms with E-state index < -0.39 is 0 Å². The summed E-state index contributed by atoms with van der Waals surface area (Å²) in [6, 6.07) is 15.5. The smallest absolute Gasteiger partial charge is 0.224 e. The lowest BCUT2D eigenvalue weighted by Gasteiger charge is -2.10. The molecule has 2 aromatic rings. The van der Waals surface area contributed by atoms with E-state index in [0.29, 0.717) is 25.4 Å². The molecule has 1 amide bonds. The van der Waals surface area contributed by atoms with Crippen LogP contribution in [0.2, 0.25) is 0 Å². The van der Waals surface area contributed by atoms with Crippen LogP contribution in [-0.4, -0.2) is 19.1 Å². The number of carbonyl (C=O) groups excluding carboxylic acids is 1. The number of aryl methyl sites for hydroxylation is 1. The van der Waals surface area contributed by atoms with Crippen LogP contribution in [0.5, 0.6) is 11.5 Å². The second-order valence-electron chi connectivity index (χ2n) is 5.25. The molecule has 0 aliphatic carbocycles. The SMILES string of the molecule is O=C(CCc1ccccc1)Nc1ccc2c(c1)OCCCO2. The van der Waals surface area contributed by atoms with Crippen molar-refractivity contribution in [3.05, 3.63) is 54.1 Å². The van der Waals surface area contributed by atoms with Crippen molar-refractivity contribution in [2.45, 2.75) is 19.3 Å². The predicted octanol–water partition coefficient (Wildman–Crippen LogP) is 3.42. The number of hydrogen-bond acceptors (Lipinski definition) is 3. The monoisotopic (exact) mass is 297 g/mol. The minimum Gasteiger partial charge on any atom is -0.490 e. The summed E-state index contributed by atoms with van der Waals surface area (Å²) in [5.41, 5.74) is 1.90. The maximum absolute atomic E-state index is 12.0. The Kier molecular flexibility index (Phi) is 4.59. The molecule has 4 heteroatoms. The number of hydrogen-bond donors (Lipinski definition) is 1. The highest BCUT2D eigenvalue weighted by molar-refractivity contribution is 5.91. The highest BCUT2D eigenvalue weighted by Crippen LogP contribution is 2.32. The molecule has 0 atom stereocenters. The van der Waals surface area contributed by atoms with E-state index >= 15 is 0 Å². The normalized spacial score (nSPS) is 13.3. The van der Waals surface area contributed by atoms with Gasteiger partial charge in [0.05, 0.1) is 13.2 Å². The number of rotatable bonds is 4. The molecule has 0 spiro atoms. The molecule has 1 heterocycles. The summed E-state index contributed by atoms with van der Waals surface area (Å²) in [6.07, 6.45) is 2.06. The Hall–Kier alpha value is -2.49. The average molecular weight is 297 g/mol. The number of amides is 1. The maximum atomic E-state index is 12.0. The second-order valence-corrected chi connectivity index (χ2v) is 5.25. The van der Waals surface area contributed by atoms with Crippen LogP contribution in [-0.2, 0) is 11.2 Å². The van der Waals surface area contributed by atoms with E-state index in [0.717, 1.165) is 29.8 Å². The third kappa shape index (κ3) is 3.79. The Labute approximate surface area is 130 Å². The van der Waals surface area contributed by atoms with Gasteiger partial charge in [0.15, 0.2) is 11.5 Å². The molecule has 1 aliphatic heterocycles. The molecule has 0 saturated heterocycles. The number of nitrogens with one attached hydrogen (secondary N) is 1. The maximum Gasteiger partial charge on any atom is 0.224 e. The number of ether oxygens (including phenoxy) is 2. The van der Waals surface area contributed by atoms with Gasteiger partial charge in [0.2, 0.25) is 5.91 Å². The molecule has 1 N–H and O–H groups in total. The summed E-state index contributed by atoms with van der Waals surface area (Å²) in [5, 5.41) is 2.91. The molecule has 2 aromatic carbocycles. The van der Waals surface area contributed by atoms with Crippen LogP contribution in [0.15, 0.2) is 48.5 Å². The van der Waals surface area contributed by atoms with Crippen LogP contribution in [0.25, 0.3) is 0 Å². The highest BCUT2D eigenvalue weighted by atomic mass is 16.5. The molecule has 0 bridgehead atoms. The molecule has 0 aromatic heterocycles. The number of anilines is 1. The van der Waals surface area contributed by atoms with Crippen molar-refractivity contribution in [1.82, 2.24) is 0 Å². The van der Waals surface area contributed by atoms with Gasteiger partial charge in [-0.05, 0) is 24.1 Å². The van der Waals surface area contributed by atoms with E-state index in [1.165, 1.54) is 0 Å². The fraction of sp³-hybridized carbons (Fsp3) is 0.278. The zero-order chi connectivity index (χ0) is 15.2. The van der Waals surface area contributed by atoms with E-state index in [1.54, 1.807) is 0 Å². The summed E-state index contributed by atoms with van der Waals surface area (Å²) in [7, 11) is 0. The summed E-state index contributed by atoms with van der Waals surface area (Å²) in [6.45, 7) is 1.30. The van der Waals surface area contributed by atoms with Crippen LogP contribution < -0.4 is 14.8 Å². The van der Waals surface area contributed by atoms with Crippen molar-refractivity contribution in [2.75, 3.05) is 18.5 Å². The lowest BCUT2D eigenvalue weighted by Crippen LogP contribution is -2.12. The fourth-order valence-corrected chi connectivity index (χ4v) is 2.37. The molecular formula is C18H19NO3. The van der Waals surface area contributed by atoms with Gasteiger partial charge in [-0.15, -0.1) is 0 Å². The molecule has 3 rings (SSSR count). The minimum atomic E-state index is -0.00153. The Bertz CT molecular complexity index is 640. The van der Waals surface area contributed by atoms with Crippen molar-refractivity contribution >= 4 is 11.6 Å². The van der Waals surface area contributed by atoms with Gasteiger partial charge in [-0.3, -0.25) is 4.79 Å². The van der Waals surface area contributed by atoms with Crippen molar-refractivity contribution in [3.8, 4) is 11.5 Å². The summed E-state index contributed by atoms with van der Waals surface area (Å²) in [4.78, 5) is 12.0. The van der Waals surface area contributed by atoms with E-state index in [9.17, 15) is 4.79 Å². The molecule has 4 nitrogen and oxygen atoms in total. The van der Waals surface area contributed by atoms with Crippen molar-refractivity contribution < 1.29 is 14.3 Å². The van der Waals surface area contributed by atoms with Crippen molar-refractivity contribution in [2.24, 2.45) is 0 Å². The first kappa shape index (κ1) is 14.4. The third-order valence-corrected chi connectivity index (χ3v) is 3.51. The summed E-state index contributed by atoms with van der Waals surface area (Å²) in [5.74, 6) is 1.43. The first-order valence-electron chi connectivity index (χ1n) is 7.55. The first-order valence-corrected chi connectivity index (χ1v) is 7.55. The van der Waals surface area contributed by atoms with E-state index in [1.807, 2.05) is 48.5 Å². The van der Waals surface area contributed by atoms with E-state index in [2.05, 4.69) is 5.32 Å². The summed E-state index contributed by atoms with van der Waals surface area (Å²) >= 11 is 0. The van der Waals surface area contributed by atoms with Gasteiger partial charge >= 0.3 is 0 Å². The Morgan fingerprint density at radius 1 is 1.00 bits per heavy atom. The Morgan fingerprint density at radius 3 is 2.59 bits per heavy atom. The van der Waals surface area contributed by atoms with Gasteiger partial charge in [0.25, 0.3) is 0 Å². The van der Waals surface area contributed by atoms with Gasteiger partial charge in [-0.25, -0.2) is 0 Å². The van der Waals surface area contributed by atoms with Crippen LogP contribution in [0, 0.1) is 0 Å². The minimum absolute atomic E-state index is 0.00153. The predicted molar refractivity (Wildman–Crippen MR) is 85.4 cm³/mol. The van der Waals surface area contributed by atoms with Crippen molar-refractivity contribution in [1.29, 1.82) is 0 Å². The number of carbonyl (C=O) groups is 1. The van der Waals surface area contributed by atoms with E-state index in [4.69, 9.17) is 9.47 Å². The standard InChI is InChI=1S/C18H19NO3/c20-18(10-7-14-5-2-1-3-6-14)19-15-8-9-16-17(13-15)22-12-4-11-21-16/h1-3,5-6,8-9,13H,4,7,10-12H2,(H,19,20). The van der Waals surface area contributed by atoms with Gasteiger partial charge in [-0.1, -0.05) is 30.3 Å². The first-order chi connectivity index (χ1) is 10.8. The molecule has 0 fully saturated rings. The van der Waals surface area contributed by atoms with Gasteiger partial charge in [-0.2, -0.15) is 0 Å². The van der Waals surface area contributed by atoms with Crippen molar-refractivity contribution in [3.63, 3.8) is 0 Å². The lowest BCUT2D eigenvalue weighted by atomic mass is 10.1. The quantitative estimate of drug-likeness (QED) is 0.940. The van der Waals surface area contributed by atoms with Crippen LogP contribution >= 0.6 is 0 Å². The lowest BCUT2D eigenvalue weighted by molar-refractivity contribution is -0.116. The second kappa shape index (κ2) is 6.98. The molecule has 22 heavy (non-hydrogen) atoms. The van der Waals surface area contributed by atoms with Gasteiger partial charge in [0, 0.05) is 24.6 Å². The topological polar surface area (TPSA) is 47.6 Å². The molecule has 0 radical (unpaired) electrons. The molecule has 114 valence electrons. The van der Waals surface area contributed by atoms with E-state index in [-0.39, 0.29) is 5.91 Å². The number of fused-ring (bicyclic) bond motifs is 1. The molecule has 0 saturated carbocycles. The fourth-order valence-electron chi connectivity index (χ4n) is 2.37. The van der Waals surface area contributed by atoms with Crippen LogP contribution in [0.3, 0.4) is 0 Å². The Morgan fingerprint density at radius 2 is 1.77 bits per heavy atom. The largest absolute Gasteiger partial charge is 0.490 e. The Balaban J connectivity index is 1.58. The van der Waals surface area contributed by atoms with Gasteiger partial charge < -0.3 is 14.8 Å². The zero-order valence-corrected chi connectivity index (χ0v) is 12.4. The zero-order valence-electron chi connectivity index (χ0n) is 12.4. The molecular weight excluding hydrogens is 278 g/mol. The van der Waals surface area contributed by atoms with Gasteiger partial charge in [0.1, 0.15) is 0 Å². The van der Waals surface area contributed by atoms with Crippen LogP contribution in [0.4, 0.5) is 5.69 Å². The highest BCUT2D eigenvalue weighted by Gasteiger charge is 2.11. The third-order valence-electron chi connectivity index (χ3n) is 3.51. The van der Waals surface area contributed by atoms with Crippen LogP contribution in [0.1, 0.15) is 18.4 Å². The number of benzene rings is 2.